The highest BCUT2D eigenvalue weighted by Gasteiger charge is 2.40. The van der Waals surface area contributed by atoms with Gasteiger partial charge in [-0.1, -0.05) is 24.9 Å². The average Bonchev–Trinajstić information content (AvgIpc) is 2.85. The molecule has 0 aromatic rings. The van der Waals surface area contributed by atoms with Crippen LogP contribution in [0.3, 0.4) is 0 Å². The van der Waals surface area contributed by atoms with Gasteiger partial charge in [0.2, 0.25) is 5.91 Å². The van der Waals surface area contributed by atoms with E-state index in [-0.39, 0.29) is 23.1 Å². The first kappa shape index (κ1) is 13.2. The number of likely N-dealkylation sites (tertiary alicyclic amines) is 1. The Kier molecular flexibility index (Phi) is 3.78. The van der Waals surface area contributed by atoms with Gasteiger partial charge in [-0.25, -0.2) is 0 Å². The quantitative estimate of drug-likeness (QED) is 0.339. The fourth-order valence-electron chi connectivity index (χ4n) is 3.24. The van der Waals surface area contributed by atoms with E-state index in [1.165, 1.54) is 0 Å². The summed E-state index contributed by atoms with van der Waals surface area (Å²) < 4.78 is 0. The Morgan fingerprint density at radius 1 is 1.39 bits per heavy atom. The zero-order valence-electron chi connectivity index (χ0n) is 11.1. The van der Waals surface area contributed by atoms with Gasteiger partial charge in [0, 0.05) is 24.4 Å². The summed E-state index contributed by atoms with van der Waals surface area (Å²) in [5.41, 5.74) is 5.48. The van der Waals surface area contributed by atoms with Gasteiger partial charge in [0.1, 0.15) is 5.84 Å². The van der Waals surface area contributed by atoms with Gasteiger partial charge in [-0.15, -0.1) is 0 Å². The maximum atomic E-state index is 12.6. The smallest absolute Gasteiger partial charge is 0.228 e. The van der Waals surface area contributed by atoms with Crippen LogP contribution in [-0.2, 0) is 4.79 Å². The Labute approximate surface area is 108 Å². The molecule has 1 aliphatic heterocycles. The van der Waals surface area contributed by atoms with Crippen LogP contribution in [0.15, 0.2) is 5.16 Å². The summed E-state index contributed by atoms with van der Waals surface area (Å²) in [5, 5.41) is 11.8. The number of nitrogens with zero attached hydrogens (tertiary/aromatic N) is 2. The second-order valence-corrected chi connectivity index (χ2v) is 5.88. The molecule has 3 N–H and O–H groups in total. The lowest BCUT2D eigenvalue weighted by atomic mass is 9.85. The molecule has 1 unspecified atom stereocenters. The van der Waals surface area contributed by atoms with Crippen molar-refractivity contribution in [3.8, 4) is 0 Å². The van der Waals surface area contributed by atoms with Crippen molar-refractivity contribution < 1.29 is 10.0 Å². The second kappa shape index (κ2) is 5.16. The highest BCUT2D eigenvalue weighted by atomic mass is 16.4. The van der Waals surface area contributed by atoms with Crippen molar-refractivity contribution in [3.63, 3.8) is 0 Å². The minimum absolute atomic E-state index is 0.0118. The number of amides is 1. The van der Waals surface area contributed by atoms with E-state index in [0.717, 1.165) is 45.1 Å². The first-order chi connectivity index (χ1) is 8.57. The monoisotopic (exact) mass is 253 g/mol. The van der Waals surface area contributed by atoms with Gasteiger partial charge in [-0.3, -0.25) is 4.79 Å². The lowest BCUT2D eigenvalue weighted by Crippen LogP contribution is -2.48. The van der Waals surface area contributed by atoms with E-state index < -0.39 is 0 Å². The predicted octanol–water partition coefficient (Wildman–Crippen LogP) is 1.55. The van der Waals surface area contributed by atoms with Crippen molar-refractivity contribution in [2.24, 2.45) is 22.2 Å². The van der Waals surface area contributed by atoms with Gasteiger partial charge >= 0.3 is 0 Å². The normalized spacial score (nSPS) is 28.4. The molecule has 1 atom stereocenters. The Morgan fingerprint density at radius 3 is 2.67 bits per heavy atom. The molecule has 2 aliphatic rings. The summed E-state index contributed by atoms with van der Waals surface area (Å²) >= 11 is 0. The molecule has 1 aliphatic carbocycles. The van der Waals surface area contributed by atoms with E-state index in [4.69, 9.17) is 10.9 Å². The van der Waals surface area contributed by atoms with Crippen LogP contribution in [0.2, 0.25) is 0 Å². The van der Waals surface area contributed by atoms with Crippen LogP contribution >= 0.6 is 0 Å². The van der Waals surface area contributed by atoms with E-state index >= 15 is 0 Å². The first-order valence-electron chi connectivity index (χ1n) is 6.83. The van der Waals surface area contributed by atoms with Crippen molar-refractivity contribution in [1.29, 1.82) is 0 Å². The fourth-order valence-corrected chi connectivity index (χ4v) is 3.24. The molecule has 5 heteroatoms. The van der Waals surface area contributed by atoms with Crippen molar-refractivity contribution >= 4 is 11.7 Å². The molecule has 2 rings (SSSR count). The molecule has 1 heterocycles. The standard InChI is InChI=1S/C13H23N3O2/c1-13(6-2-3-7-13)12(17)16-8-4-5-10(9-16)11(14)15-18/h10,18H,2-9H2,1H3,(H2,14,15). The molecule has 1 saturated carbocycles. The van der Waals surface area contributed by atoms with Gasteiger partial charge in [0.25, 0.3) is 0 Å². The predicted molar refractivity (Wildman–Crippen MR) is 69.3 cm³/mol. The minimum Gasteiger partial charge on any atom is -0.409 e. The molecule has 0 radical (unpaired) electrons. The lowest BCUT2D eigenvalue weighted by Gasteiger charge is -2.37. The van der Waals surface area contributed by atoms with Crippen LogP contribution in [0, 0.1) is 11.3 Å². The van der Waals surface area contributed by atoms with E-state index in [1.54, 1.807) is 0 Å². The molecule has 2 fully saturated rings. The third kappa shape index (κ3) is 2.44. The van der Waals surface area contributed by atoms with Crippen LogP contribution in [-0.4, -0.2) is 34.9 Å². The summed E-state index contributed by atoms with van der Waals surface area (Å²) in [6, 6.07) is 0. The SMILES string of the molecule is CC1(C(=O)N2CCCC(C(N)=NO)C2)CCCC1. The maximum Gasteiger partial charge on any atom is 0.228 e. The zero-order valence-corrected chi connectivity index (χ0v) is 11.1. The summed E-state index contributed by atoms with van der Waals surface area (Å²) in [6.45, 7) is 3.49. The number of carbonyl (C=O) groups is 1. The zero-order chi connectivity index (χ0) is 13.2. The molecular weight excluding hydrogens is 230 g/mol. The first-order valence-corrected chi connectivity index (χ1v) is 6.83. The molecule has 18 heavy (non-hydrogen) atoms. The average molecular weight is 253 g/mol. The van der Waals surface area contributed by atoms with Gasteiger partial charge in [-0.2, -0.15) is 0 Å². The Bertz CT molecular complexity index is 348. The molecular formula is C13H23N3O2. The number of carbonyl (C=O) groups excluding carboxylic acids is 1. The van der Waals surface area contributed by atoms with Gasteiger partial charge < -0.3 is 15.8 Å². The van der Waals surface area contributed by atoms with Crippen LogP contribution in [0.1, 0.15) is 45.4 Å². The summed E-state index contributed by atoms with van der Waals surface area (Å²) in [5.74, 6) is 0.525. The van der Waals surface area contributed by atoms with Crippen LogP contribution in [0.25, 0.3) is 0 Å². The van der Waals surface area contributed by atoms with Crippen molar-refractivity contribution in [2.45, 2.75) is 45.4 Å². The molecule has 1 amide bonds. The Hall–Kier alpha value is -1.26. The fraction of sp³-hybridized carbons (Fsp3) is 0.846. The van der Waals surface area contributed by atoms with Gasteiger partial charge in [0.15, 0.2) is 0 Å². The highest BCUT2D eigenvalue weighted by Crippen LogP contribution is 2.39. The number of piperidine rings is 1. The Morgan fingerprint density at radius 2 is 2.06 bits per heavy atom. The van der Waals surface area contributed by atoms with E-state index in [9.17, 15) is 4.79 Å². The summed E-state index contributed by atoms with van der Waals surface area (Å²) in [4.78, 5) is 14.5. The van der Waals surface area contributed by atoms with Crippen molar-refractivity contribution in [2.75, 3.05) is 13.1 Å². The van der Waals surface area contributed by atoms with Gasteiger partial charge in [-0.05, 0) is 25.7 Å². The molecule has 0 bridgehead atoms. The lowest BCUT2D eigenvalue weighted by molar-refractivity contribution is -0.142. The molecule has 1 saturated heterocycles. The van der Waals surface area contributed by atoms with E-state index in [2.05, 4.69) is 12.1 Å². The van der Waals surface area contributed by atoms with E-state index in [1.807, 2.05) is 4.90 Å². The van der Waals surface area contributed by atoms with Crippen LogP contribution in [0.5, 0.6) is 0 Å². The van der Waals surface area contributed by atoms with E-state index in [0.29, 0.717) is 6.54 Å². The third-order valence-corrected chi connectivity index (χ3v) is 4.47. The molecule has 0 aromatic heterocycles. The number of oxime groups is 1. The third-order valence-electron chi connectivity index (χ3n) is 4.47. The minimum atomic E-state index is -0.174. The highest BCUT2D eigenvalue weighted by molar-refractivity contribution is 5.85. The number of hydrogen-bond donors (Lipinski definition) is 2. The molecule has 0 spiro atoms. The maximum absolute atomic E-state index is 12.6. The van der Waals surface area contributed by atoms with Crippen molar-refractivity contribution in [3.05, 3.63) is 0 Å². The molecule has 0 aromatic carbocycles. The number of hydrogen-bond acceptors (Lipinski definition) is 3. The number of nitrogens with two attached hydrogens (primary N) is 1. The van der Waals surface area contributed by atoms with Gasteiger partial charge in [0.05, 0.1) is 0 Å². The molecule has 102 valence electrons. The summed E-state index contributed by atoms with van der Waals surface area (Å²) in [7, 11) is 0. The van der Waals surface area contributed by atoms with Crippen LogP contribution < -0.4 is 5.73 Å². The Balaban J connectivity index is 2.02. The second-order valence-electron chi connectivity index (χ2n) is 5.88. The molecule has 5 nitrogen and oxygen atoms in total. The van der Waals surface area contributed by atoms with Crippen LogP contribution in [0.4, 0.5) is 0 Å². The number of amidine groups is 1. The summed E-state index contributed by atoms with van der Waals surface area (Å²) in [6.07, 6.45) is 6.13. The van der Waals surface area contributed by atoms with Crippen molar-refractivity contribution in [1.82, 2.24) is 4.90 Å². The topological polar surface area (TPSA) is 78.9 Å². The number of rotatable bonds is 2. The largest absolute Gasteiger partial charge is 0.409 e.